The van der Waals surface area contributed by atoms with E-state index in [9.17, 15) is 0 Å². The Morgan fingerprint density at radius 1 is 1.25 bits per heavy atom. The molecule has 0 spiro atoms. The topological polar surface area (TPSA) is 73.9 Å². The highest BCUT2D eigenvalue weighted by Crippen LogP contribution is 2.43. The van der Waals surface area contributed by atoms with Gasteiger partial charge in [-0.1, -0.05) is 25.9 Å². The first-order chi connectivity index (χ1) is 15.4. The molecule has 32 heavy (non-hydrogen) atoms. The third kappa shape index (κ3) is 3.95. The SMILES string of the molecule is COc1ccc(C=NOCc2nc3c4c5c(sc4ncn3n2)CC(C(C)(C)C)CC5)cc1. The number of nitrogens with zero attached hydrogens (tertiary/aromatic N) is 5. The molecule has 166 valence electrons. The summed E-state index contributed by atoms with van der Waals surface area (Å²) in [7, 11) is 1.64. The molecule has 1 aromatic carbocycles. The molecule has 0 saturated heterocycles. The Hall–Kier alpha value is -3.00. The molecule has 0 saturated carbocycles. The average molecular weight is 450 g/mol. The smallest absolute Gasteiger partial charge is 0.192 e. The molecule has 0 bridgehead atoms. The fourth-order valence-corrected chi connectivity index (χ4v) is 5.56. The number of benzene rings is 1. The molecule has 8 heteroatoms. The number of hydrogen-bond acceptors (Lipinski definition) is 7. The molecule has 0 fully saturated rings. The zero-order chi connectivity index (χ0) is 22.3. The summed E-state index contributed by atoms with van der Waals surface area (Å²) in [4.78, 5) is 17.4. The lowest BCUT2D eigenvalue weighted by atomic mass is 9.72. The van der Waals surface area contributed by atoms with Gasteiger partial charge in [0.15, 0.2) is 18.1 Å². The van der Waals surface area contributed by atoms with E-state index in [0.29, 0.717) is 17.2 Å². The van der Waals surface area contributed by atoms with Crippen molar-refractivity contribution in [3.8, 4) is 5.75 Å². The lowest BCUT2D eigenvalue weighted by Crippen LogP contribution is -2.26. The predicted molar refractivity (Wildman–Crippen MR) is 127 cm³/mol. The Labute approximate surface area is 191 Å². The van der Waals surface area contributed by atoms with Crippen LogP contribution in [-0.4, -0.2) is 32.9 Å². The lowest BCUT2D eigenvalue weighted by molar-refractivity contribution is 0.126. The molecule has 1 unspecified atom stereocenters. The third-order valence-corrected chi connectivity index (χ3v) is 7.40. The Morgan fingerprint density at radius 2 is 2.06 bits per heavy atom. The van der Waals surface area contributed by atoms with Crippen LogP contribution in [0.4, 0.5) is 0 Å². The molecule has 1 aliphatic rings. The van der Waals surface area contributed by atoms with Crippen LogP contribution in [0.2, 0.25) is 0 Å². The number of hydrogen-bond donors (Lipinski definition) is 0. The van der Waals surface area contributed by atoms with Crippen molar-refractivity contribution in [2.24, 2.45) is 16.5 Å². The van der Waals surface area contributed by atoms with Gasteiger partial charge in [-0.15, -0.1) is 16.4 Å². The second-order valence-electron chi connectivity index (χ2n) is 9.31. The van der Waals surface area contributed by atoms with E-state index in [1.807, 2.05) is 35.6 Å². The molecule has 0 N–H and O–H groups in total. The highest BCUT2D eigenvalue weighted by Gasteiger charge is 2.31. The van der Waals surface area contributed by atoms with Crippen LogP contribution in [0.1, 0.15) is 49.0 Å². The Kier molecular flexibility index (Phi) is 5.33. The molecule has 7 nitrogen and oxygen atoms in total. The van der Waals surface area contributed by atoms with Gasteiger partial charge in [-0.05, 0) is 66.0 Å². The van der Waals surface area contributed by atoms with E-state index < -0.39 is 0 Å². The maximum absolute atomic E-state index is 5.45. The van der Waals surface area contributed by atoms with Gasteiger partial charge in [-0.25, -0.2) is 14.5 Å². The first-order valence-electron chi connectivity index (χ1n) is 10.9. The van der Waals surface area contributed by atoms with E-state index in [4.69, 9.17) is 14.6 Å². The quantitative estimate of drug-likeness (QED) is 0.315. The molecular formula is C24H27N5O2S. The van der Waals surface area contributed by atoms with Crippen molar-refractivity contribution in [3.05, 3.63) is 52.4 Å². The summed E-state index contributed by atoms with van der Waals surface area (Å²) < 4.78 is 6.92. The fourth-order valence-electron chi connectivity index (χ4n) is 4.30. The Bertz CT molecular complexity index is 1280. The Balaban J connectivity index is 1.35. The summed E-state index contributed by atoms with van der Waals surface area (Å²) >= 11 is 1.81. The van der Waals surface area contributed by atoms with Gasteiger partial charge in [-0.3, -0.25) is 0 Å². The second-order valence-corrected chi connectivity index (χ2v) is 10.4. The molecule has 0 aliphatic heterocycles. The molecular weight excluding hydrogens is 422 g/mol. The minimum Gasteiger partial charge on any atom is -0.497 e. The van der Waals surface area contributed by atoms with Crippen LogP contribution in [0, 0.1) is 11.3 Å². The molecule has 0 radical (unpaired) electrons. The van der Waals surface area contributed by atoms with E-state index in [1.165, 1.54) is 16.9 Å². The first-order valence-corrected chi connectivity index (χ1v) is 11.7. The van der Waals surface area contributed by atoms with Crippen LogP contribution in [-0.2, 0) is 24.3 Å². The minimum absolute atomic E-state index is 0.203. The van der Waals surface area contributed by atoms with Gasteiger partial charge in [0.2, 0.25) is 0 Å². The lowest BCUT2D eigenvalue weighted by Gasteiger charge is -2.33. The van der Waals surface area contributed by atoms with Crippen molar-refractivity contribution in [1.82, 2.24) is 19.6 Å². The van der Waals surface area contributed by atoms with Gasteiger partial charge in [0.25, 0.3) is 0 Å². The van der Waals surface area contributed by atoms with Gasteiger partial charge >= 0.3 is 0 Å². The number of thiophene rings is 1. The summed E-state index contributed by atoms with van der Waals surface area (Å²) in [6, 6.07) is 7.60. The summed E-state index contributed by atoms with van der Waals surface area (Å²) in [5.74, 6) is 2.10. The average Bonchev–Trinajstić information content (AvgIpc) is 3.36. The van der Waals surface area contributed by atoms with Crippen LogP contribution in [0.5, 0.6) is 5.75 Å². The summed E-state index contributed by atoms with van der Waals surface area (Å²) in [6.45, 7) is 7.23. The van der Waals surface area contributed by atoms with Crippen molar-refractivity contribution < 1.29 is 9.57 Å². The molecule has 1 atom stereocenters. The minimum atomic E-state index is 0.203. The highest BCUT2D eigenvalue weighted by atomic mass is 32.1. The van der Waals surface area contributed by atoms with Crippen LogP contribution >= 0.6 is 11.3 Å². The monoisotopic (exact) mass is 449 g/mol. The molecule has 1 aliphatic carbocycles. The highest BCUT2D eigenvalue weighted by molar-refractivity contribution is 7.19. The summed E-state index contributed by atoms with van der Waals surface area (Å²) in [6.07, 6.45) is 6.81. The zero-order valence-corrected chi connectivity index (χ0v) is 19.6. The Morgan fingerprint density at radius 3 is 2.81 bits per heavy atom. The number of oxime groups is 1. The van der Waals surface area contributed by atoms with Gasteiger partial charge in [0.05, 0.1) is 18.7 Å². The normalized spacial score (nSPS) is 16.7. The number of aryl methyl sites for hydroxylation is 1. The summed E-state index contributed by atoms with van der Waals surface area (Å²) in [5.41, 5.74) is 3.51. The molecule has 3 heterocycles. The maximum Gasteiger partial charge on any atom is 0.192 e. The van der Waals surface area contributed by atoms with Gasteiger partial charge < -0.3 is 9.57 Å². The number of aromatic nitrogens is 4. The van der Waals surface area contributed by atoms with E-state index >= 15 is 0 Å². The maximum atomic E-state index is 5.45. The number of rotatable bonds is 5. The predicted octanol–water partition coefficient (Wildman–Crippen LogP) is 5.05. The van der Waals surface area contributed by atoms with Crippen molar-refractivity contribution in [2.45, 2.75) is 46.6 Å². The van der Waals surface area contributed by atoms with Crippen molar-refractivity contribution in [3.63, 3.8) is 0 Å². The molecule has 4 aromatic rings. The first kappa shape index (κ1) is 20.9. The largest absolute Gasteiger partial charge is 0.497 e. The standard InChI is InChI=1S/C24H27N5O2S/c1-24(2,3)16-7-10-18-19(11-16)32-23-21(18)22-27-20(28-29(22)14-25-23)13-31-26-12-15-5-8-17(30-4)9-6-15/h5-6,8-9,12,14,16H,7,10-11,13H2,1-4H3. The van der Waals surface area contributed by atoms with Gasteiger partial charge in [-0.2, -0.15) is 0 Å². The number of methoxy groups -OCH3 is 1. The van der Waals surface area contributed by atoms with E-state index in [0.717, 1.165) is 40.0 Å². The van der Waals surface area contributed by atoms with Crippen LogP contribution in [0.3, 0.4) is 0 Å². The fraction of sp³-hybridized carbons (Fsp3) is 0.417. The van der Waals surface area contributed by atoms with E-state index in [1.54, 1.807) is 24.2 Å². The van der Waals surface area contributed by atoms with Crippen molar-refractivity contribution in [2.75, 3.05) is 7.11 Å². The molecule has 3 aromatic heterocycles. The molecule has 0 amide bonds. The molecule has 5 rings (SSSR count). The van der Waals surface area contributed by atoms with E-state index in [2.05, 4.69) is 36.0 Å². The van der Waals surface area contributed by atoms with Gasteiger partial charge in [0, 0.05) is 4.88 Å². The summed E-state index contributed by atoms with van der Waals surface area (Å²) in [5, 5.41) is 9.75. The second kappa shape index (κ2) is 8.16. The van der Waals surface area contributed by atoms with Gasteiger partial charge in [0.1, 0.15) is 16.9 Å². The van der Waals surface area contributed by atoms with Crippen LogP contribution in [0.25, 0.3) is 15.9 Å². The van der Waals surface area contributed by atoms with Crippen LogP contribution < -0.4 is 4.74 Å². The number of fused-ring (bicyclic) bond motifs is 5. The third-order valence-electron chi connectivity index (χ3n) is 6.24. The zero-order valence-electron chi connectivity index (χ0n) is 18.8. The van der Waals surface area contributed by atoms with Crippen molar-refractivity contribution in [1.29, 1.82) is 0 Å². The van der Waals surface area contributed by atoms with E-state index in [-0.39, 0.29) is 6.61 Å². The van der Waals surface area contributed by atoms with Crippen LogP contribution in [0.15, 0.2) is 35.7 Å². The van der Waals surface area contributed by atoms with Crippen molar-refractivity contribution >= 4 is 33.4 Å². The number of ether oxygens (including phenoxy) is 1.